The van der Waals surface area contributed by atoms with Crippen LogP contribution in [0.5, 0.6) is 0 Å². The van der Waals surface area contributed by atoms with Crippen molar-refractivity contribution in [2.24, 2.45) is 0 Å². The Morgan fingerprint density at radius 3 is 2.53 bits per heavy atom. The number of nitrogens with zero attached hydrogens (tertiary/aromatic N) is 1. The summed E-state index contributed by atoms with van der Waals surface area (Å²) in [6.45, 7) is 5.32. The first-order valence-electron chi connectivity index (χ1n) is 6.74. The highest BCUT2D eigenvalue weighted by atomic mass is 32.2. The largest absolute Gasteiger partial charge is 0.383 e. The molecule has 7 heteroatoms. The minimum absolute atomic E-state index is 0.337. The third-order valence-corrected chi connectivity index (χ3v) is 4.79. The van der Waals surface area contributed by atoms with Crippen LogP contribution in [0.25, 0.3) is 0 Å². The molecule has 0 radical (unpaired) electrons. The lowest BCUT2D eigenvalue weighted by molar-refractivity contribution is 0.140. The van der Waals surface area contributed by atoms with Gasteiger partial charge < -0.3 is 10.1 Å². The molecule has 0 aromatic heterocycles. The molecule has 6 nitrogen and oxygen atoms in total. The van der Waals surface area contributed by atoms with Gasteiger partial charge >= 0.3 is 0 Å². The lowest BCUT2D eigenvalue weighted by atomic mass is 10.1. The molecule has 19 heavy (non-hydrogen) atoms. The smallest absolute Gasteiger partial charge is 0.279 e. The highest BCUT2D eigenvalue weighted by Crippen LogP contribution is 2.18. The van der Waals surface area contributed by atoms with Crippen molar-refractivity contribution in [3.8, 4) is 0 Å². The van der Waals surface area contributed by atoms with Crippen LogP contribution in [0.1, 0.15) is 33.1 Å². The van der Waals surface area contributed by atoms with E-state index in [1.54, 1.807) is 28.0 Å². The average Bonchev–Trinajstić information content (AvgIpc) is 3.06. The highest BCUT2D eigenvalue weighted by molar-refractivity contribution is 7.87. The molecule has 0 amide bonds. The molecule has 0 saturated heterocycles. The third kappa shape index (κ3) is 6.67. The van der Waals surface area contributed by atoms with E-state index in [1.807, 2.05) is 0 Å². The van der Waals surface area contributed by atoms with Crippen molar-refractivity contribution >= 4 is 10.2 Å². The zero-order valence-electron chi connectivity index (χ0n) is 12.4. The van der Waals surface area contributed by atoms with E-state index in [1.165, 1.54) is 17.1 Å². The van der Waals surface area contributed by atoms with Crippen LogP contribution in [-0.4, -0.2) is 58.2 Å². The summed E-state index contributed by atoms with van der Waals surface area (Å²) < 4.78 is 33.2. The zero-order valence-corrected chi connectivity index (χ0v) is 13.2. The summed E-state index contributed by atoms with van der Waals surface area (Å²) in [5.41, 5.74) is -0.603. The summed E-state index contributed by atoms with van der Waals surface area (Å²) in [5, 5.41) is 3.37. The Bertz CT molecular complexity index is 366. The number of hydrogen-bond donors (Lipinski definition) is 2. The maximum atomic E-state index is 12.1. The van der Waals surface area contributed by atoms with Crippen molar-refractivity contribution in [3.63, 3.8) is 0 Å². The first-order valence-corrected chi connectivity index (χ1v) is 8.18. The van der Waals surface area contributed by atoms with Crippen LogP contribution in [0.2, 0.25) is 0 Å². The van der Waals surface area contributed by atoms with Gasteiger partial charge in [0, 0.05) is 26.7 Å². The lowest BCUT2D eigenvalue weighted by Crippen LogP contribution is -2.51. The van der Waals surface area contributed by atoms with Gasteiger partial charge in [-0.1, -0.05) is 0 Å². The van der Waals surface area contributed by atoms with Crippen LogP contribution in [0.4, 0.5) is 0 Å². The molecule has 0 heterocycles. The Hall–Kier alpha value is -0.210. The van der Waals surface area contributed by atoms with Gasteiger partial charge in [-0.2, -0.15) is 17.4 Å². The van der Waals surface area contributed by atoms with E-state index >= 15 is 0 Å². The molecule has 1 rings (SSSR count). The van der Waals surface area contributed by atoms with Gasteiger partial charge in [0.2, 0.25) is 0 Å². The van der Waals surface area contributed by atoms with Crippen molar-refractivity contribution in [1.29, 1.82) is 0 Å². The number of methoxy groups -OCH3 is 1. The van der Waals surface area contributed by atoms with Gasteiger partial charge in [-0.05, 0) is 39.7 Å². The Balaban J connectivity index is 2.32. The van der Waals surface area contributed by atoms with Gasteiger partial charge in [0.25, 0.3) is 10.2 Å². The lowest BCUT2D eigenvalue weighted by Gasteiger charge is -2.28. The summed E-state index contributed by atoms with van der Waals surface area (Å²) in [4.78, 5) is 0. The monoisotopic (exact) mass is 293 g/mol. The van der Waals surface area contributed by atoms with E-state index in [2.05, 4.69) is 10.0 Å². The van der Waals surface area contributed by atoms with Crippen LogP contribution < -0.4 is 10.0 Å². The van der Waals surface area contributed by atoms with E-state index in [4.69, 9.17) is 4.74 Å². The van der Waals surface area contributed by atoms with Gasteiger partial charge in [0.15, 0.2) is 0 Å². The van der Waals surface area contributed by atoms with Crippen molar-refractivity contribution in [3.05, 3.63) is 0 Å². The van der Waals surface area contributed by atoms with Gasteiger partial charge in [-0.15, -0.1) is 0 Å². The molecule has 0 spiro atoms. The minimum Gasteiger partial charge on any atom is -0.383 e. The first-order chi connectivity index (χ1) is 8.77. The van der Waals surface area contributed by atoms with Gasteiger partial charge in [-0.25, -0.2) is 0 Å². The fourth-order valence-electron chi connectivity index (χ4n) is 1.83. The SMILES string of the molecule is COCC(C)(C)NS(=O)(=O)N(C)CCCNC1CC1. The number of rotatable bonds is 10. The highest BCUT2D eigenvalue weighted by Gasteiger charge is 2.27. The Labute approximate surface area is 117 Å². The molecular formula is C12H27N3O3S. The maximum absolute atomic E-state index is 12.1. The molecule has 1 fully saturated rings. The summed E-state index contributed by atoms with van der Waals surface area (Å²) in [6, 6.07) is 0.667. The predicted molar refractivity (Wildman–Crippen MR) is 76.3 cm³/mol. The zero-order chi connectivity index (χ0) is 14.5. The predicted octanol–water partition coefficient (Wildman–Crippen LogP) is 0.320. The molecule has 0 aromatic rings. The van der Waals surface area contributed by atoms with E-state index in [0.717, 1.165) is 13.0 Å². The van der Waals surface area contributed by atoms with Crippen molar-refractivity contribution in [2.75, 3.05) is 33.9 Å². The van der Waals surface area contributed by atoms with Crippen LogP contribution in [0.3, 0.4) is 0 Å². The second-order valence-electron chi connectivity index (χ2n) is 5.83. The van der Waals surface area contributed by atoms with Crippen molar-refractivity contribution in [2.45, 2.75) is 44.7 Å². The van der Waals surface area contributed by atoms with E-state index in [-0.39, 0.29) is 0 Å². The molecule has 0 unspecified atom stereocenters. The normalized spacial score (nSPS) is 17.1. The molecule has 0 aromatic carbocycles. The molecule has 0 aliphatic heterocycles. The quantitative estimate of drug-likeness (QED) is 0.569. The Kier molecular flexibility index (Phi) is 6.19. The Morgan fingerprint density at radius 2 is 2.00 bits per heavy atom. The second-order valence-corrected chi connectivity index (χ2v) is 7.61. The van der Waals surface area contributed by atoms with Crippen LogP contribution in [-0.2, 0) is 14.9 Å². The van der Waals surface area contributed by atoms with Crippen LogP contribution in [0, 0.1) is 0 Å². The van der Waals surface area contributed by atoms with Crippen LogP contribution >= 0.6 is 0 Å². The van der Waals surface area contributed by atoms with E-state index < -0.39 is 15.7 Å². The maximum Gasteiger partial charge on any atom is 0.279 e. The van der Waals surface area contributed by atoms with Crippen molar-refractivity contribution < 1.29 is 13.2 Å². The summed E-state index contributed by atoms with van der Waals surface area (Å²) in [7, 11) is -0.291. The average molecular weight is 293 g/mol. The van der Waals surface area contributed by atoms with E-state index in [0.29, 0.717) is 19.2 Å². The summed E-state index contributed by atoms with van der Waals surface area (Å²) in [6.07, 6.45) is 3.32. The number of nitrogens with one attached hydrogen (secondary N) is 2. The van der Waals surface area contributed by atoms with Gasteiger partial charge in [0.05, 0.1) is 12.1 Å². The van der Waals surface area contributed by atoms with Crippen LogP contribution in [0.15, 0.2) is 0 Å². The third-order valence-electron chi connectivity index (χ3n) is 2.98. The van der Waals surface area contributed by atoms with E-state index in [9.17, 15) is 8.42 Å². The van der Waals surface area contributed by atoms with Gasteiger partial charge in [-0.3, -0.25) is 0 Å². The fraction of sp³-hybridized carbons (Fsp3) is 1.00. The second kappa shape index (κ2) is 6.99. The summed E-state index contributed by atoms with van der Waals surface area (Å²) in [5.74, 6) is 0. The molecule has 1 aliphatic rings. The molecule has 114 valence electrons. The fourth-order valence-corrected chi connectivity index (χ4v) is 3.12. The van der Waals surface area contributed by atoms with Gasteiger partial charge in [0.1, 0.15) is 0 Å². The molecule has 0 atom stereocenters. The minimum atomic E-state index is -3.45. The summed E-state index contributed by atoms with van der Waals surface area (Å²) >= 11 is 0. The number of hydrogen-bond acceptors (Lipinski definition) is 4. The molecule has 1 saturated carbocycles. The first kappa shape index (κ1) is 16.8. The molecule has 1 aliphatic carbocycles. The Morgan fingerprint density at radius 1 is 1.37 bits per heavy atom. The van der Waals surface area contributed by atoms with Crippen molar-refractivity contribution in [1.82, 2.24) is 14.3 Å². The number of ether oxygens (including phenoxy) is 1. The molecular weight excluding hydrogens is 266 g/mol. The standard InChI is InChI=1S/C12H27N3O3S/c1-12(2,10-18-4)14-19(16,17)15(3)9-5-8-13-11-6-7-11/h11,13-14H,5-10H2,1-4H3. The molecule has 2 N–H and O–H groups in total. The topological polar surface area (TPSA) is 70.7 Å². The molecule has 0 bridgehead atoms.